The van der Waals surface area contributed by atoms with Gasteiger partial charge in [0.15, 0.2) is 0 Å². The molecule has 0 radical (unpaired) electrons. The van der Waals surface area contributed by atoms with Crippen LogP contribution in [0.3, 0.4) is 0 Å². The Morgan fingerprint density at radius 3 is 2.70 bits per heavy atom. The van der Waals surface area contributed by atoms with Gasteiger partial charge in [0.25, 0.3) is 0 Å². The second-order valence-corrected chi connectivity index (χ2v) is 6.31. The third-order valence-corrected chi connectivity index (χ3v) is 4.70. The number of imidazole rings is 1. The Labute approximate surface area is 141 Å². The Balaban J connectivity index is 1.84. The van der Waals surface area contributed by atoms with Crippen molar-refractivity contribution >= 4 is 23.3 Å². The van der Waals surface area contributed by atoms with Crippen LogP contribution in [0.1, 0.15) is 29.2 Å². The van der Waals surface area contributed by atoms with Crippen LogP contribution >= 0.6 is 11.6 Å². The van der Waals surface area contributed by atoms with Crippen molar-refractivity contribution in [2.75, 3.05) is 0 Å². The van der Waals surface area contributed by atoms with Crippen molar-refractivity contribution in [1.29, 1.82) is 0 Å². The Kier molecular flexibility index (Phi) is 3.76. The molecule has 1 unspecified atom stereocenters. The second kappa shape index (κ2) is 6.05. The normalized spacial score (nSPS) is 18.8. The van der Waals surface area contributed by atoms with Crippen molar-refractivity contribution in [3.05, 3.63) is 89.0 Å². The number of allylic oxidation sites excluding steroid dienone is 1. The summed E-state index contributed by atoms with van der Waals surface area (Å²) in [5.74, 6) is 0. The molecule has 4 rings (SSSR count). The van der Waals surface area contributed by atoms with Gasteiger partial charge in [-0.25, -0.2) is 4.98 Å². The molecular formula is C20H17ClN2. The molecule has 1 heterocycles. The van der Waals surface area contributed by atoms with Gasteiger partial charge in [0.1, 0.15) is 0 Å². The van der Waals surface area contributed by atoms with E-state index in [9.17, 15) is 0 Å². The maximum atomic E-state index is 6.01. The van der Waals surface area contributed by atoms with Crippen molar-refractivity contribution < 1.29 is 0 Å². The molecule has 0 aliphatic heterocycles. The first-order valence-corrected chi connectivity index (χ1v) is 8.22. The van der Waals surface area contributed by atoms with E-state index in [1.807, 2.05) is 30.9 Å². The molecule has 0 spiro atoms. The number of hydrogen-bond donors (Lipinski definition) is 0. The fourth-order valence-electron chi connectivity index (χ4n) is 3.32. The molecule has 2 aromatic carbocycles. The average Bonchev–Trinajstić information content (AvgIpc) is 3.11. The molecule has 0 saturated heterocycles. The highest BCUT2D eigenvalue weighted by atomic mass is 35.5. The minimum absolute atomic E-state index is 0.322. The average molecular weight is 321 g/mol. The fraction of sp³-hybridized carbons (Fsp3) is 0.150. The Morgan fingerprint density at radius 2 is 1.91 bits per heavy atom. The maximum absolute atomic E-state index is 6.01. The van der Waals surface area contributed by atoms with Gasteiger partial charge in [-0.15, -0.1) is 0 Å². The van der Waals surface area contributed by atoms with Gasteiger partial charge in [-0.2, -0.15) is 0 Å². The van der Waals surface area contributed by atoms with Gasteiger partial charge < -0.3 is 4.57 Å². The Hall–Kier alpha value is -2.32. The van der Waals surface area contributed by atoms with E-state index in [1.165, 1.54) is 22.3 Å². The molecule has 0 N–H and O–H groups in total. The van der Waals surface area contributed by atoms with Crippen LogP contribution < -0.4 is 0 Å². The Bertz CT molecular complexity index is 832. The van der Waals surface area contributed by atoms with Crippen LogP contribution in [-0.4, -0.2) is 9.55 Å². The number of nitrogens with zero attached hydrogens (tertiary/aromatic N) is 2. The summed E-state index contributed by atoms with van der Waals surface area (Å²) in [6.07, 6.45) is 10.3. The summed E-state index contributed by atoms with van der Waals surface area (Å²) in [6, 6.07) is 17.0. The third kappa shape index (κ3) is 2.82. The first kappa shape index (κ1) is 14.3. The van der Waals surface area contributed by atoms with Gasteiger partial charge in [-0.3, -0.25) is 0 Å². The molecule has 23 heavy (non-hydrogen) atoms. The van der Waals surface area contributed by atoms with Crippen LogP contribution in [0, 0.1) is 0 Å². The van der Waals surface area contributed by atoms with Gasteiger partial charge in [0.2, 0.25) is 0 Å². The number of rotatable bonds is 2. The number of aryl methyl sites for hydroxylation is 1. The SMILES string of the molecule is Clc1ccc(C=C2c3ccccc3CCC2n2ccnc2)cc1. The van der Waals surface area contributed by atoms with Crippen molar-refractivity contribution in [3.8, 4) is 0 Å². The summed E-state index contributed by atoms with van der Waals surface area (Å²) < 4.78 is 2.21. The zero-order valence-corrected chi connectivity index (χ0v) is 13.4. The van der Waals surface area contributed by atoms with Crippen molar-refractivity contribution in [3.63, 3.8) is 0 Å². The summed E-state index contributed by atoms with van der Waals surface area (Å²) in [7, 11) is 0. The molecule has 3 heteroatoms. The molecule has 1 atom stereocenters. The smallest absolute Gasteiger partial charge is 0.0951 e. The monoisotopic (exact) mass is 320 g/mol. The van der Waals surface area contributed by atoms with E-state index < -0.39 is 0 Å². The van der Waals surface area contributed by atoms with Crippen LogP contribution in [0.2, 0.25) is 5.02 Å². The van der Waals surface area contributed by atoms with Crippen molar-refractivity contribution in [2.24, 2.45) is 0 Å². The largest absolute Gasteiger partial charge is 0.330 e. The lowest BCUT2D eigenvalue weighted by molar-refractivity contribution is 0.558. The standard InChI is InChI=1S/C20H17ClN2/c21-17-8-5-15(6-9-17)13-19-18-4-2-1-3-16(18)7-10-20(19)23-12-11-22-14-23/h1-6,8-9,11-14,20H,7,10H2. The molecule has 1 aromatic heterocycles. The lowest BCUT2D eigenvalue weighted by Gasteiger charge is -2.29. The summed E-state index contributed by atoms with van der Waals surface area (Å²) in [5, 5.41) is 0.766. The van der Waals surface area contributed by atoms with Gasteiger partial charge in [0, 0.05) is 17.4 Å². The van der Waals surface area contributed by atoms with E-state index >= 15 is 0 Å². The minimum Gasteiger partial charge on any atom is -0.330 e. The first-order chi connectivity index (χ1) is 11.3. The predicted molar refractivity (Wildman–Crippen MR) is 95.4 cm³/mol. The van der Waals surface area contributed by atoms with E-state index in [1.54, 1.807) is 0 Å². The molecule has 0 fully saturated rings. The van der Waals surface area contributed by atoms with Gasteiger partial charge in [-0.05, 0) is 53.3 Å². The number of halogens is 1. The molecular weight excluding hydrogens is 304 g/mol. The number of fused-ring (bicyclic) bond motifs is 1. The van der Waals surface area contributed by atoms with E-state index in [-0.39, 0.29) is 0 Å². The number of aromatic nitrogens is 2. The lowest BCUT2D eigenvalue weighted by atomic mass is 9.83. The van der Waals surface area contributed by atoms with Crippen molar-refractivity contribution in [1.82, 2.24) is 9.55 Å². The lowest BCUT2D eigenvalue weighted by Crippen LogP contribution is -2.16. The highest BCUT2D eigenvalue weighted by Crippen LogP contribution is 2.39. The van der Waals surface area contributed by atoms with Crippen LogP contribution in [0.4, 0.5) is 0 Å². The van der Waals surface area contributed by atoms with E-state index in [4.69, 9.17) is 11.6 Å². The molecule has 0 bridgehead atoms. The van der Waals surface area contributed by atoms with Gasteiger partial charge in [-0.1, -0.05) is 48.0 Å². The zero-order valence-electron chi connectivity index (χ0n) is 12.7. The summed E-state index contributed by atoms with van der Waals surface area (Å²) in [5.41, 5.74) is 5.27. The van der Waals surface area contributed by atoms with Gasteiger partial charge in [0.05, 0.1) is 12.4 Å². The highest BCUT2D eigenvalue weighted by molar-refractivity contribution is 6.30. The Morgan fingerprint density at radius 1 is 1.09 bits per heavy atom. The van der Waals surface area contributed by atoms with Crippen LogP contribution in [-0.2, 0) is 6.42 Å². The molecule has 1 aliphatic rings. The molecule has 0 amide bonds. The van der Waals surface area contributed by atoms with Crippen LogP contribution in [0.15, 0.2) is 67.3 Å². The molecule has 3 aromatic rings. The molecule has 114 valence electrons. The highest BCUT2D eigenvalue weighted by Gasteiger charge is 2.24. The van der Waals surface area contributed by atoms with Gasteiger partial charge >= 0.3 is 0 Å². The zero-order chi connectivity index (χ0) is 15.6. The maximum Gasteiger partial charge on any atom is 0.0951 e. The van der Waals surface area contributed by atoms with Crippen LogP contribution in [0.25, 0.3) is 11.6 Å². The predicted octanol–water partition coefficient (Wildman–Crippen LogP) is 5.26. The van der Waals surface area contributed by atoms with Crippen LogP contribution in [0.5, 0.6) is 0 Å². The fourth-order valence-corrected chi connectivity index (χ4v) is 3.45. The minimum atomic E-state index is 0.322. The van der Waals surface area contributed by atoms with E-state index in [0.29, 0.717) is 6.04 Å². The van der Waals surface area contributed by atoms with E-state index in [2.05, 4.69) is 52.0 Å². The topological polar surface area (TPSA) is 17.8 Å². The molecule has 0 saturated carbocycles. The number of benzene rings is 2. The number of hydrogen-bond acceptors (Lipinski definition) is 1. The quantitative estimate of drug-likeness (QED) is 0.629. The summed E-state index contributed by atoms with van der Waals surface area (Å²) >= 11 is 6.01. The molecule has 2 nitrogen and oxygen atoms in total. The summed E-state index contributed by atoms with van der Waals surface area (Å²) in [4.78, 5) is 4.22. The summed E-state index contributed by atoms with van der Waals surface area (Å²) in [6.45, 7) is 0. The molecule has 1 aliphatic carbocycles. The first-order valence-electron chi connectivity index (χ1n) is 7.84. The third-order valence-electron chi connectivity index (χ3n) is 4.45. The van der Waals surface area contributed by atoms with Crippen molar-refractivity contribution in [2.45, 2.75) is 18.9 Å². The second-order valence-electron chi connectivity index (χ2n) is 5.87. The van der Waals surface area contributed by atoms with E-state index in [0.717, 1.165) is 17.9 Å².